The minimum atomic E-state index is -4.38. The molecule has 2 N–H and O–H groups in total. The highest BCUT2D eigenvalue weighted by Gasteiger charge is 2.28. The number of nitrogens with zero attached hydrogens (tertiary/aromatic N) is 1. The van der Waals surface area contributed by atoms with Crippen molar-refractivity contribution in [1.29, 1.82) is 0 Å². The summed E-state index contributed by atoms with van der Waals surface area (Å²) in [6.07, 6.45) is -2.25. The van der Waals surface area contributed by atoms with Crippen molar-refractivity contribution in [3.63, 3.8) is 0 Å². The summed E-state index contributed by atoms with van der Waals surface area (Å²) < 4.78 is 40.7. The van der Waals surface area contributed by atoms with Gasteiger partial charge in [0.05, 0.1) is 5.56 Å². The van der Waals surface area contributed by atoms with E-state index in [9.17, 15) is 18.0 Å². The number of hydrogen-bond donors (Lipinski definition) is 2. The second-order valence-electron chi connectivity index (χ2n) is 5.34. The molecule has 2 aromatic rings. The number of rotatable bonds is 8. The van der Waals surface area contributed by atoms with E-state index in [-0.39, 0.29) is 11.4 Å². The minimum Gasteiger partial charge on any atom is -0.478 e. The van der Waals surface area contributed by atoms with Gasteiger partial charge in [0, 0.05) is 18.8 Å². The van der Waals surface area contributed by atoms with E-state index in [1.165, 1.54) is 12.3 Å². The maximum absolute atomic E-state index is 12.0. The fourth-order valence-electron chi connectivity index (χ4n) is 2.03. The number of carbonyl (C=O) groups is 1. The fourth-order valence-corrected chi connectivity index (χ4v) is 2.03. The lowest BCUT2D eigenvalue weighted by Gasteiger charge is -2.09. The van der Waals surface area contributed by atoms with Gasteiger partial charge in [-0.15, -0.1) is 0 Å². The Bertz CT molecular complexity index is 686. The molecule has 0 aliphatic rings. The zero-order valence-electron chi connectivity index (χ0n) is 13.2. The quantitative estimate of drug-likeness (QED) is 0.713. The Morgan fingerprint density at radius 3 is 2.36 bits per heavy atom. The van der Waals surface area contributed by atoms with Crippen molar-refractivity contribution < 1.29 is 27.8 Å². The molecule has 134 valence electrons. The highest BCUT2D eigenvalue weighted by Crippen LogP contribution is 2.17. The van der Waals surface area contributed by atoms with E-state index in [4.69, 9.17) is 5.11 Å². The summed E-state index contributed by atoms with van der Waals surface area (Å²) in [5.74, 6) is -1.03. The molecule has 0 aliphatic heterocycles. The van der Waals surface area contributed by atoms with Crippen LogP contribution in [0.4, 0.5) is 13.2 Å². The van der Waals surface area contributed by atoms with Gasteiger partial charge in [-0.05, 0) is 36.2 Å². The van der Waals surface area contributed by atoms with Crippen LogP contribution in [0.15, 0.2) is 42.6 Å². The zero-order chi connectivity index (χ0) is 18.3. The Labute approximate surface area is 142 Å². The third-order valence-corrected chi connectivity index (χ3v) is 3.30. The third kappa shape index (κ3) is 6.80. The molecular formula is C17H17F3N2O3. The zero-order valence-corrected chi connectivity index (χ0v) is 13.2. The summed E-state index contributed by atoms with van der Waals surface area (Å²) in [6.45, 7) is -0.132. The van der Waals surface area contributed by atoms with Gasteiger partial charge in [0.2, 0.25) is 5.88 Å². The van der Waals surface area contributed by atoms with E-state index >= 15 is 0 Å². The number of hydrogen-bond acceptors (Lipinski definition) is 4. The Balaban J connectivity index is 1.71. The van der Waals surface area contributed by atoms with Crippen molar-refractivity contribution in [2.45, 2.75) is 19.1 Å². The van der Waals surface area contributed by atoms with Crippen LogP contribution in [-0.4, -0.2) is 35.4 Å². The van der Waals surface area contributed by atoms with Gasteiger partial charge in [0.25, 0.3) is 0 Å². The Kier molecular flexibility index (Phi) is 6.35. The van der Waals surface area contributed by atoms with Gasteiger partial charge >= 0.3 is 12.1 Å². The van der Waals surface area contributed by atoms with Gasteiger partial charge in [-0.25, -0.2) is 9.78 Å². The Morgan fingerprint density at radius 1 is 1.12 bits per heavy atom. The third-order valence-electron chi connectivity index (χ3n) is 3.30. The first-order valence-corrected chi connectivity index (χ1v) is 7.51. The molecule has 0 aliphatic carbocycles. The molecule has 0 bridgehead atoms. The molecule has 0 unspecified atom stereocenters. The number of carboxylic acids is 1. The predicted molar refractivity (Wildman–Crippen MR) is 84.6 cm³/mol. The molecule has 0 spiro atoms. The molecule has 1 heterocycles. The number of pyridine rings is 1. The van der Waals surface area contributed by atoms with E-state index in [2.05, 4.69) is 15.0 Å². The fraction of sp³-hybridized carbons (Fsp3) is 0.294. The molecule has 8 heteroatoms. The molecule has 0 radical (unpaired) electrons. The van der Waals surface area contributed by atoms with Crippen LogP contribution in [0.5, 0.6) is 5.88 Å². The van der Waals surface area contributed by atoms with Crippen molar-refractivity contribution in [1.82, 2.24) is 10.3 Å². The number of carboxylic acid groups (broad SMARTS) is 1. The standard InChI is InChI=1S/C17H17F3N2O3/c18-17(19,20)11-25-15-6-3-13(10-22-15)7-8-21-9-12-1-4-14(5-2-12)16(23)24/h1-6,10,21H,7-9,11H2,(H,23,24). The smallest absolute Gasteiger partial charge is 0.422 e. The van der Waals surface area contributed by atoms with Gasteiger partial charge in [0.1, 0.15) is 0 Å². The van der Waals surface area contributed by atoms with E-state index in [1.807, 2.05) is 0 Å². The predicted octanol–water partition coefficient (Wildman–Crippen LogP) is 3.05. The molecule has 0 atom stereocenters. The minimum absolute atomic E-state index is 0.0624. The average molecular weight is 354 g/mol. The van der Waals surface area contributed by atoms with Crippen LogP contribution in [0, 0.1) is 0 Å². The highest BCUT2D eigenvalue weighted by molar-refractivity contribution is 5.87. The van der Waals surface area contributed by atoms with Crippen LogP contribution >= 0.6 is 0 Å². The van der Waals surface area contributed by atoms with Crippen LogP contribution in [0.25, 0.3) is 0 Å². The van der Waals surface area contributed by atoms with Crippen molar-refractivity contribution in [3.05, 3.63) is 59.3 Å². The second kappa shape index (κ2) is 8.48. The molecule has 1 aromatic carbocycles. The molecular weight excluding hydrogens is 337 g/mol. The first kappa shape index (κ1) is 18.7. The molecule has 0 saturated heterocycles. The van der Waals surface area contributed by atoms with Crippen LogP contribution < -0.4 is 10.1 Å². The van der Waals surface area contributed by atoms with E-state index in [0.29, 0.717) is 19.5 Å². The van der Waals surface area contributed by atoms with E-state index < -0.39 is 18.8 Å². The van der Waals surface area contributed by atoms with Crippen molar-refractivity contribution in [2.75, 3.05) is 13.2 Å². The summed E-state index contributed by atoms with van der Waals surface area (Å²) in [5, 5.41) is 12.0. The van der Waals surface area contributed by atoms with Gasteiger partial charge in [-0.1, -0.05) is 18.2 Å². The summed E-state index contributed by atoms with van der Waals surface area (Å²) in [6, 6.07) is 9.65. The molecule has 5 nitrogen and oxygen atoms in total. The lowest BCUT2D eigenvalue weighted by molar-refractivity contribution is -0.154. The van der Waals surface area contributed by atoms with E-state index in [1.54, 1.807) is 30.3 Å². The van der Waals surface area contributed by atoms with Crippen LogP contribution in [0.3, 0.4) is 0 Å². The van der Waals surface area contributed by atoms with Crippen LogP contribution in [-0.2, 0) is 13.0 Å². The van der Waals surface area contributed by atoms with E-state index in [0.717, 1.165) is 11.1 Å². The van der Waals surface area contributed by atoms with Crippen molar-refractivity contribution in [2.24, 2.45) is 0 Å². The maximum atomic E-state index is 12.0. The van der Waals surface area contributed by atoms with Gasteiger partial charge < -0.3 is 15.2 Å². The van der Waals surface area contributed by atoms with Gasteiger partial charge in [0.15, 0.2) is 6.61 Å². The Morgan fingerprint density at radius 2 is 1.80 bits per heavy atom. The van der Waals surface area contributed by atoms with Crippen molar-refractivity contribution in [3.8, 4) is 5.88 Å². The Hall–Kier alpha value is -2.61. The monoisotopic (exact) mass is 354 g/mol. The summed E-state index contributed by atoms with van der Waals surface area (Å²) in [4.78, 5) is 14.6. The number of benzene rings is 1. The number of ether oxygens (including phenoxy) is 1. The lowest BCUT2D eigenvalue weighted by atomic mass is 10.1. The lowest BCUT2D eigenvalue weighted by Crippen LogP contribution is -2.19. The second-order valence-corrected chi connectivity index (χ2v) is 5.34. The van der Waals surface area contributed by atoms with Crippen molar-refractivity contribution >= 4 is 5.97 Å². The topological polar surface area (TPSA) is 71.5 Å². The average Bonchev–Trinajstić information content (AvgIpc) is 2.57. The first-order chi connectivity index (χ1) is 11.8. The SMILES string of the molecule is O=C(O)c1ccc(CNCCc2ccc(OCC(F)(F)F)nc2)cc1. The largest absolute Gasteiger partial charge is 0.478 e. The molecule has 1 aromatic heterocycles. The molecule has 0 fully saturated rings. The van der Waals surface area contributed by atoms with Crippen LogP contribution in [0.2, 0.25) is 0 Å². The summed E-state index contributed by atoms with van der Waals surface area (Å²) >= 11 is 0. The maximum Gasteiger partial charge on any atom is 0.422 e. The molecule has 0 amide bonds. The number of nitrogens with one attached hydrogen (secondary N) is 1. The molecule has 0 saturated carbocycles. The number of aromatic nitrogens is 1. The molecule has 2 rings (SSSR count). The van der Waals surface area contributed by atoms with Gasteiger partial charge in [-0.3, -0.25) is 0 Å². The van der Waals surface area contributed by atoms with Gasteiger partial charge in [-0.2, -0.15) is 13.2 Å². The number of alkyl halides is 3. The first-order valence-electron chi connectivity index (χ1n) is 7.51. The summed E-state index contributed by atoms with van der Waals surface area (Å²) in [5.41, 5.74) is 2.06. The molecule has 25 heavy (non-hydrogen) atoms. The highest BCUT2D eigenvalue weighted by atomic mass is 19.4. The van der Waals surface area contributed by atoms with Crippen LogP contribution in [0.1, 0.15) is 21.5 Å². The summed E-state index contributed by atoms with van der Waals surface area (Å²) in [7, 11) is 0. The number of aromatic carboxylic acids is 1. The normalized spacial score (nSPS) is 11.3. The number of halogens is 3.